The quantitative estimate of drug-likeness (QED) is 0.739. The van der Waals surface area contributed by atoms with Crippen molar-refractivity contribution in [1.29, 1.82) is 0 Å². The lowest BCUT2D eigenvalue weighted by molar-refractivity contribution is 0.238. The van der Waals surface area contributed by atoms with Crippen LogP contribution in [-0.2, 0) is 6.42 Å². The number of rotatable bonds is 6. The van der Waals surface area contributed by atoms with Crippen LogP contribution in [0.15, 0.2) is 18.2 Å². The maximum atomic E-state index is 5.37. The molecule has 2 heteroatoms. The molecule has 20 heavy (non-hydrogen) atoms. The fourth-order valence-electron chi connectivity index (χ4n) is 3.43. The SMILES string of the molecule is COc1ccc(CCC[C@H]2CCCC[C@H]2C)cc1OC. The Hall–Kier alpha value is -1.18. The molecule has 0 amide bonds. The van der Waals surface area contributed by atoms with Gasteiger partial charge in [-0.2, -0.15) is 0 Å². The molecule has 1 fully saturated rings. The number of aryl methyl sites for hydroxylation is 1. The van der Waals surface area contributed by atoms with Crippen LogP contribution in [0.25, 0.3) is 0 Å². The maximum Gasteiger partial charge on any atom is 0.160 e. The predicted molar refractivity (Wildman–Crippen MR) is 83.6 cm³/mol. The molecule has 1 aliphatic rings. The Labute approximate surface area is 123 Å². The van der Waals surface area contributed by atoms with E-state index >= 15 is 0 Å². The van der Waals surface area contributed by atoms with Crippen LogP contribution in [0.2, 0.25) is 0 Å². The Kier molecular flexibility index (Phi) is 5.75. The molecule has 0 saturated heterocycles. The summed E-state index contributed by atoms with van der Waals surface area (Å²) in [5.74, 6) is 3.53. The monoisotopic (exact) mass is 276 g/mol. The molecule has 0 aliphatic heterocycles. The first kappa shape index (κ1) is 15.2. The Bertz CT molecular complexity index is 414. The fraction of sp³-hybridized carbons (Fsp3) is 0.667. The van der Waals surface area contributed by atoms with Crippen LogP contribution in [0.3, 0.4) is 0 Å². The van der Waals surface area contributed by atoms with Crippen LogP contribution in [0.1, 0.15) is 51.0 Å². The first-order chi connectivity index (χ1) is 9.74. The van der Waals surface area contributed by atoms with E-state index in [9.17, 15) is 0 Å². The van der Waals surface area contributed by atoms with Crippen LogP contribution in [0.4, 0.5) is 0 Å². The van der Waals surface area contributed by atoms with E-state index in [4.69, 9.17) is 9.47 Å². The number of hydrogen-bond acceptors (Lipinski definition) is 2. The van der Waals surface area contributed by atoms with Crippen LogP contribution in [0, 0.1) is 11.8 Å². The van der Waals surface area contributed by atoms with Gasteiger partial charge in [-0.3, -0.25) is 0 Å². The van der Waals surface area contributed by atoms with Crippen molar-refractivity contribution in [2.24, 2.45) is 11.8 Å². The van der Waals surface area contributed by atoms with Gasteiger partial charge in [-0.1, -0.05) is 38.7 Å². The van der Waals surface area contributed by atoms with Gasteiger partial charge in [0.2, 0.25) is 0 Å². The topological polar surface area (TPSA) is 18.5 Å². The van der Waals surface area contributed by atoms with Gasteiger partial charge in [0.05, 0.1) is 14.2 Å². The first-order valence-electron chi connectivity index (χ1n) is 7.95. The van der Waals surface area contributed by atoms with Gasteiger partial charge in [-0.25, -0.2) is 0 Å². The summed E-state index contributed by atoms with van der Waals surface area (Å²) in [6.07, 6.45) is 9.54. The van der Waals surface area contributed by atoms with Crippen LogP contribution >= 0.6 is 0 Å². The highest BCUT2D eigenvalue weighted by Crippen LogP contribution is 2.33. The summed E-state index contributed by atoms with van der Waals surface area (Å²) < 4.78 is 10.6. The van der Waals surface area contributed by atoms with E-state index < -0.39 is 0 Å². The first-order valence-corrected chi connectivity index (χ1v) is 7.95. The van der Waals surface area contributed by atoms with Gasteiger partial charge in [0, 0.05) is 0 Å². The van der Waals surface area contributed by atoms with E-state index in [-0.39, 0.29) is 0 Å². The van der Waals surface area contributed by atoms with Crippen molar-refractivity contribution < 1.29 is 9.47 Å². The lowest BCUT2D eigenvalue weighted by Crippen LogP contribution is -2.16. The van der Waals surface area contributed by atoms with E-state index in [1.54, 1.807) is 14.2 Å². The summed E-state index contributed by atoms with van der Waals surface area (Å²) in [5.41, 5.74) is 1.35. The lowest BCUT2D eigenvalue weighted by atomic mass is 9.78. The van der Waals surface area contributed by atoms with Crippen LogP contribution in [0.5, 0.6) is 11.5 Å². The van der Waals surface area contributed by atoms with Crippen molar-refractivity contribution in [3.63, 3.8) is 0 Å². The highest BCUT2D eigenvalue weighted by Gasteiger charge is 2.20. The summed E-state index contributed by atoms with van der Waals surface area (Å²) in [6, 6.07) is 6.28. The molecular weight excluding hydrogens is 248 g/mol. The maximum absolute atomic E-state index is 5.37. The molecular formula is C18H28O2. The van der Waals surface area contributed by atoms with Gasteiger partial charge in [0.25, 0.3) is 0 Å². The van der Waals surface area contributed by atoms with Gasteiger partial charge < -0.3 is 9.47 Å². The van der Waals surface area contributed by atoms with Crippen LogP contribution in [-0.4, -0.2) is 14.2 Å². The Morgan fingerprint density at radius 1 is 1.05 bits per heavy atom. The second-order valence-electron chi connectivity index (χ2n) is 6.10. The van der Waals surface area contributed by atoms with Crippen molar-refractivity contribution >= 4 is 0 Å². The van der Waals surface area contributed by atoms with E-state index in [1.165, 1.54) is 44.1 Å². The molecule has 1 aromatic rings. The summed E-state index contributed by atoms with van der Waals surface area (Å²) in [5, 5.41) is 0. The molecule has 0 spiro atoms. The Morgan fingerprint density at radius 2 is 1.80 bits per heavy atom. The predicted octanol–water partition coefficient (Wildman–Crippen LogP) is 4.85. The lowest BCUT2D eigenvalue weighted by Gasteiger charge is -2.28. The molecule has 2 rings (SSSR count). The zero-order valence-corrected chi connectivity index (χ0v) is 13.2. The number of hydrogen-bond donors (Lipinski definition) is 0. The highest BCUT2D eigenvalue weighted by atomic mass is 16.5. The van der Waals surface area contributed by atoms with Crippen molar-refractivity contribution in [2.45, 2.75) is 51.9 Å². The van der Waals surface area contributed by atoms with E-state index in [1.807, 2.05) is 6.07 Å². The summed E-state index contributed by atoms with van der Waals surface area (Å²) in [4.78, 5) is 0. The van der Waals surface area contributed by atoms with Gasteiger partial charge >= 0.3 is 0 Å². The normalized spacial score (nSPS) is 22.6. The third kappa shape index (κ3) is 3.91. The molecule has 0 bridgehead atoms. The molecule has 0 unspecified atom stereocenters. The van der Waals surface area contributed by atoms with Gasteiger partial charge in [0.1, 0.15) is 0 Å². The standard InChI is InChI=1S/C18H28O2/c1-14-7-4-5-9-16(14)10-6-8-15-11-12-17(19-2)18(13-15)20-3/h11-14,16H,4-10H2,1-3H3/t14-,16-/m1/s1. The molecule has 2 atom stereocenters. The Balaban J connectivity index is 1.84. The molecule has 0 radical (unpaired) electrons. The third-order valence-electron chi connectivity index (χ3n) is 4.78. The molecule has 112 valence electrons. The molecule has 0 aromatic heterocycles. The van der Waals surface area contributed by atoms with E-state index in [0.717, 1.165) is 29.8 Å². The summed E-state index contributed by atoms with van der Waals surface area (Å²) in [6.45, 7) is 2.43. The number of ether oxygens (including phenoxy) is 2. The number of methoxy groups -OCH3 is 2. The van der Waals surface area contributed by atoms with Crippen molar-refractivity contribution in [3.8, 4) is 11.5 Å². The number of benzene rings is 1. The van der Waals surface area contributed by atoms with Crippen molar-refractivity contribution in [2.75, 3.05) is 14.2 Å². The fourth-order valence-corrected chi connectivity index (χ4v) is 3.43. The Morgan fingerprint density at radius 3 is 2.50 bits per heavy atom. The zero-order valence-electron chi connectivity index (χ0n) is 13.2. The molecule has 0 N–H and O–H groups in total. The molecule has 1 saturated carbocycles. The third-order valence-corrected chi connectivity index (χ3v) is 4.78. The largest absolute Gasteiger partial charge is 0.493 e. The second-order valence-corrected chi connectivity index (χ2v) is 6.10. The van der Waals surface area contributed by atoms with Gasteiger partial charge in [-0.05, 0) is 48.8 Å². The highest BCUT2D eigenvalue weighted by molar-refractivity contribution is 5.42. The van der Waals surface area contributed by atoms with Gasteiger partial charge in [0.15, 0.2) is 11.5 Å². The van der Waals surface area contributed by atoms with Crippen LogP contribution < -0.4 is 9.47 Å². The average Bonchev–Trinajstić information content (AvgIpc) is 2.49. The minimum atomic E-state index is 0.817. The summed E-state index contributed by atoms with van der Waals surface area (Å²) >= 11 is 0. The van der Waals surface area contributed by atoms with Crippen molar-refractivity contribution in [1.82, 2.24) is 0 Å². The smallest absolute Gasteiger partial charge is 0.160 e. The zero-order chi connectivity index (χ0) is 14.4. The average molecular weight is 276 g/mol. The molecule has 1 aromatic carbocycles. The molecule has 2 nitrogen and oxygen atoms in total. The minimum Gasteiger partial charge on any atom is -0.493 e. The summed E-state index contributed by atoms with van der Waals surface area (Å²) in [7, 11) is 3.38. The van der Waals surface area contributed by atoms with Gasteiger partial charge in [-0.15, -0.1) is 0 Å². The minimum absolute atomic E-state index is 0.817. The molecule has 1 aliphatic carbocycles. The van der Waals surface area contributed by atoms with Crippen molar-refractivity contribution in [3.05, 3.63) is 23.8 Å². The van der Waals surface area contributed by atoms with E-state index in [0.29, 0.717) is 0 Å². The molecule has 0 heterocycles. The second kappa shape index (κ2) is 7.56. The van der Waals surface area contributed by atoms with E-state index in [2.05, 4.69) is 19.1 Å².